The van der Waals surface area contributed by atoms with Gasteiger partial charge < -0.3 is 19.7 Å². The number of halogens is 1. The lowest BCUT2D eigenvalue weighted by atomic mass is 10.1. The minimum Gasteiger partial charge on any atom is -0.494 e. The lowest BCUT2D eigenvalue weighted by molar-refractivity contribution is 0.181. The van der Waals surface area contributed by atoms with Crippen LogP contribution in [0.4, 0.5) is 0 Å². The van der Waals surface area contributed by atoms with E-state index in [1.54, 1.807) is 0 Å². The van der Waals surface area contributed by atoms with E-state index >= 15 is 0 Å². The monoisotopic (exact) mass is 447 g/mol. The van der Waals surface area contributed by atoms with E-state index in [2.05, 4.69) is 41.3 Å². The highest BCUT2D eigenvalue weighted by atomic mass is 127. The quantitative estimate of drug-likeness (QED) is 0.302. The molecule has 0 radical (unpaired) electrons. The maximum Gasteiger partial charge on any atom is 0.193 e. The van der Waals surface area contributed by atoms with Gasteiger partial charge in [0.2, 0.25) is 0 Å². The summed E-state index contributed by atoms with van der Waals surface area (Å²) in [6.07, 6.45) is 2.08. The number of hydrogen-bond donors (Lipinski definition) is 1. The molecule has 136 valence electrons. The Hall–Kier alpha value is -1.02. The molecule has 1 atom stereocenters. The molecule has 1 aliphatic rings. The van der Waals surface area contributed by atoms with E-state index in [0.29, 0.717) is 12.5 Å². The lowest BCUT2D eigenvalue weighted by Gasteiger charge is -2.24. The molecule has 1 heterocycles. The molecule has 1 N–H and O–H groups in total. The van der Waals surface area contributed by atoms with E-state index in [4.69, 9.17) is 9.47 Å². The lowest BCUT2D eigenvalue weighted by Crippen LogP contribution is -2.42. The summed E-state index contributed by atoms with van der Waals surface area (Å²) in [5.41, 5.74) is 1.25. The van der Waals surface area contributed by atoms with Crippen LogP contribution in [0.2, 0.25) is 0 Å². The molecule has 0 spiro atoms. The second-order valence-electron chi connectivity index (χ2n) is 6.10. The summed E-state index contributed by atoms with van der Waals surface area (Å²) < 4.78 is 11.2. The Balaban J connectivity index is 0.00000288. The summed E-state index contributed by atoms with van der Waals surface area (Å²) >= 11 is 0. The molecular formula is C18H30IN3O2. The normalized spacial score (nSPS) is 17.3. The first kappa shape index (κ1) is 21.0. The van der Waals surface area contributed by atoms with Crippen molar-refractivity contribution in [2.45, 2.75) is 19.8 Å². The second kappa shape index (κ2) is 11.5. The van der Waals surface area contributed by atoms with Gasteiger partial charge in [-0.3, -0.25) is 4.99 Å². The van der Waals surface area contributed by atoms with Gasteiger partial charge >= 0.3 is 0 Å². The third-order valence-electron chi connectivity index (χ3n) is 4.02. The van der Waals surface area contributed by atoms with Crippen LogP contribution in [-0.4, -0.2) is 57.9 Å². The van der Waals surface area contributed by atoms with Gasteiger partial charge in [-0.05, 0) is 31.9 Å². The Morgan fingerprint density at radius 2 is 2.12 bits per heavy atom. The van der Waals surface area contributed by atoms with E-state index in [-0.39, 0.29) is 24.0 Å². The van der Waals surface area contributed by atoms with E-state index in [9.17, 15) is 0 Å². The Morgan fingerprint density at radius 1 is 1.38 bits per heavy atom. The first-order valence-electron chi connectivity index (χ1n) is 8.38. The molecule has 1 saturated heterocycles. The highest BCUT2D eigenvalue weighted by molar-refractivity contribution is 14.0. The van der Waals surface area contributed by atoms with Gasteiger partial charge in [0.1, 0.15) is 5.75 Å². The molecule has 0 amide bonds. The third-order valence-corrected chi connectivity index (χ3v) is 4.02. The number of guanidine groups is 1. The summed E-state index contributed by atoms with van der Waals surface area (Å²) in [6, 6.07) is 8.16. The zero-order chi connectivity index (χ0) is 16.5. The fraction of sp³-hybridized carbons (Fsp3) is 0.611. The van der Waals surface area contributed by atoms with Crippen LogP contribution in [0, 0.1) is 12.8 Å². The SMILES string of the molecule is CN=C(NCCCOc1ccc(C)cc1)N(C)CC1CCOC1.I. The van der Waals surface area contributed by atoms with Crippen molar-refractivity contribution in [2.75, 3.05) is 47.0 Å². The minimum atomic E-state index is 0. The first-order valence-corrected chi connectivity index (χ1v) is 8.38. The standard InChI is InChI=1S/C18H29N3O2.HI/c1-15-5-7-17(8-6-15)23-11-4-10-20-18(19-2)21(3)13-16-9-12-22-14-16;/h5-8,16H,4,9-14H2,1-3H3,(H,19,20);1H. The molecule has 24 heavy (non-hydrogen) atoms. The van der Waals surface area contributed by atoms with Crippen LogP contribution in [0.25, 0.3) is 0 Å². The molecule has 0 aromatic heterocycles. The molecule has 0 bridgehead atoms. The van der Waals surface area contributed by atoms with Gasteiger partial charge in [-0.25, -0.2) is 0 Å². The number of benzene rings is 1. The third kappa shape index (κ3) is 7.25. The smallest absolute Gasteiger partial charge is 0.193 e. The molecule has 1 aromatic rings. The Bertz CT molecular complexity index is 488. The van der Waals surface area contributed by atoms with Crippen molar-refractivity contribution < 1.29 is 9.47 Å². The Morgan fingerprint density at radius 3 is 2.75 bits per heavy atom. The van der Waals surface area contributed by atoms with Crippen LogP contribution in [-0.2, 0) is 4.74 Å². The van der Waals surface area contributed by atoms with Crippen molar-refractivity contribution in [2.24, 2.45) is 10.9 Å². The zero-order valence-corrected chi connectivity index (χ0v) is 17.3. The van der Waals surface area contributed by atoms with Gasteiger partial charge in [-0.2, -0.15) is 0 Å². The molecule has 1 fully saturated rings. The summed E-state index contributed by atoms with van der Waals surface area (Å²) in [4.78, 5) is 6.53. The van der Waals surface area contributed by atoms with Gasteiger partial charge in [0.15, 0.2) is 5.96 Å². The van der Waals surface area contributed by atoms with Crippen LogP contribution in [0.15, 0.2) is 29.3 Å². The van der Waals surface area contributed by atoms with Crippen LogP contribution in [0.1, 0.15) is 18.4 Å². The fourth-order valence-corrected chi connectivity index (χ4v) is 2.68. The minimum absolute atomic E-state index is 0. The van der Waals surface area contributed by atoms with Crippen molar-refractivity contribution in [3.63, 3.8) is 0 Å². The molecule has 1 aliphatic heterocycles. The maximum atomic E-state index is 5.73. The average Bonchev–Trinajstić information content (AvgIpc) is 3.05. The average molecular weight is 447 g/mol. The van der Waals surface area contributed by atoms with Gasteiger partial charge in [0, 0.05) is 39.7 Å². The summed E-state index contributed by atoms with van der Waals surface area (Å²) in [6.45, 7) is 6.37. The van der Waals surface area contributed by atoms with Crippen molar-refractivity contribution in [1.29, 1.82) is 0 Å². The zero-order valence-electron chi connectivity index (χ0n) is 15.0. The molecular weight excluding hydrogens is 417 g/mol. The predicted octanol–water partition coefficient (Wildman–Crippen LogP) is 2.93. The Labute approximate surface area is 162 Å². The van der Waals surface area contributed by atoms with E-state index in [0.717, 1.165) is 50.9 Å². The van der Waals surface area contributed by atoms with Gasteiger partial charge in [-0.1, -0.05) is 17.7 Å². The summed E-state index contributed by atoms with van der Waals surface area (Å²) in [5.74, 6) is 2.48. The molecule has 1 unspecified atom stereocenters. The summed E-state index contributed by atoms with van der Waals surface area (Å²) in [5, 5.41) is 3.39. The number of nitrogens with zero attached hydrogens (tertiary/aromatic N) is 2. The molecule has 0 saturated carbocycles. The topological polar surface area (TPSA) is 46.1 Å². The van der Waals surface area contributed by atoms with Gasteiger partial charge in [0.05, 0.1) is 13.2 Å². The highest BCUT2D eigenvalue weighted by Crippen LogP contribution is 2.13. The predicted molar refractivity (Wildman–Crippen MR) is 110 cm³/mol. The van der Waals surface area contributed by atoms with Crippen molar-refractivity contribution in [3.05, 3.63) is 29.8 Å². The van der Waals surface area contributed by atoms with Crippen molar-refractivity contribution in [1.82, 2.24) is 10.2 Å². The fourth-order valence-electron chi connectivity index (χ4n) is 2.68. The van der Waals surface area contributed by atoms with Crippen LogP contribution >= 0.6 is 24.0 Å². The number of aliphatic imine (C=N–C) groups is 1. The van der Waals surface area contributed by atoms with Gasteiger partial charge in [0.25, 0.3) is 0 Å². The largest absolute Gasteiger partial charge is 0.494 e. The Kier molecular flexibility index (Phi) is 10.1. The van der Waals surface area contributed by atoms with Crippen molar-refractivity contribution >= 4 is 29.9 Å². The maximum absolute atomic E-state index is 5.73. The number of hydrogen-bond acceptors (Lipinski definition) is 3. The number of rotatable bonds is 7. The molecule has 5 nitrogen and oxygen atoms in total. The number of ether oxygens (including phenoxy) is 2. The molecule has 0 aliphatic carbocycles. The molecule has 1 aromatic carbocycles. The molecule has 2 rings (SSSR count). The van der Waals surface area contributed by atoms with Crippen molar-refractivity contribution in [3.8, 4) is 5.75 Å². The van der Waals surface area contributed by atoms with E-state index in [1.807, 2.05) is 19.2 Å². The summed E-state index contributed by atoms with van der Waals surface area (Å²) in [7, 11) is 3.91. The van der Waals surface area contributed by atoms with Gasteiger partial charge in [-0.15, -0.1) is 24.0 Å². The number of nitrogens with one attached hydrogen (secondary N) is 1. The van der Waals surface area contributed by atoms with E-state index < -0.39 is 0 Å². The van der Waals surface area contributed by atoms with Crippen LogP contribution in [0.5, 0.6) is 5.75 Å². The molecule has 6 heteroatoms. The van der Waals surface area contributed by atoms with Crippen LogP contribution < -0.4 is 10.1 Å². The highest BCUT2D eigenvalue weighted by Gasteiger charge is 2.18. The number of aryl methyl sites for hydroxylation is 1. The van der Waals surface area contributed by atoms with Crippen LogP contribution in [0.3, 0.4) is 0 Å². The second-order valence-corrected chi connectivity index (χ2v) is 6.10. The van der Waals surface area contributed by atoms with E-state index in [1.165, 1.54) is 5.56 Å². The first-order chi connectivity index (χ1) is 11.2.